The molecule has 1 saturated carbocycles. The number of carbonyl (C=O) groups is 2. The molecule has 0 bridgehead atoms. The van der Waals surface area contributed by atoms with Gasteiger partial charge in [0, 0.05) is 23.4 Å². The van der Waals surface area contributed by atoms with E-state index in [1.165, 1.54) is 18.2 Å². The van der Waals surface area contributed by atoms with Gasteiger partial charge < -0.3 is 10.2 Å². The molecule has 2 aromatic rings. The Morgan fingerprint density at radius 2 is 1.73 bits per heavy atom. The predicted molar refractivity (Wildman–Crippen MR) is 138 cm³/mol. The van der Waals surface area contributed by atoms with Gasteiger partial charge in [-0.3, -0.25) is 9.59 Å². The average Bonchev–Trinajstić information content (AvgIpc) is 2.82. The first-order valence-corrected chi connectivity index (χ1v) is 13.5. The summed E-state index contributed by atoms with van der Waals surface area (Å²) in [6.07, 6.45) is 6.21. The Morgan fingerprint density at radius 1 is 1.06 bits per heavy atom. The Morgan fingerprint density at radius 3 is 2.39 bits per heavy atom. The number of benzene rings is 2. The molecule has 0 radical (unpaired) electrons. The second-order valence-electron chi connectivity index (χ2n) is 8.80. The van der Waals surface area contributed by atoms with Crippen LogP contribution in [0.4, 0.5) is 0 Å². The van der Waals surface area contributed by atoms with Crippen molar-refractivity contribution in [2.24, 2.45) is 0 Å². The third-order valence-corrected chi connectivity index (χ3v) is 7.72. The molecule has 1 fully saturated rings. The lowest BCUT2D eigenvalue weighted by atomic mass is 9.95. The molecule has 2 aromatic carbocycles. The molecule has 0 spiro atoms. The summed E-state index contributed by atoms with van der Waals surface area (Å²) in [5.74, 6) is 0.933. The van der Waals surface area contributed by atoms with Gasteiger partial charge >= 0.3 is 0 Å². The summed E-state index contributed by atoms with van der Waals surface area (Å²) in [5.41, 5.74) is 3.22. The maximum atomic E-state index is 13.4. The maximum absolute atomic E-state index is 13.4. The Bertz CT molecular complexity index is 930. The largest absolute Gasteiger partial charge is 0.352 e. The number of rotatable bonds is 10. The minimum Gasteiger partial charge on any atom is -0.352 e. The zero-order valence-electron chi connectivity index (χ0n) is 19.7. The van der Waals surface area contributed by atoms with E-state index in [4.69, 9.17) is 11.6 Å². The van der Waals surface area contributed by atoms with Crippen LogP contribution in [0.2, 0.25) is 5.02 Å². The van der Waals surface area contributed by atoms with Crippen LogP contribution in [0.25, 0.3) is 0 Å². The molecule has 1 aliphatic rings. The van der Waals surface area contributed by atoms with E-state index in [0.29, 0.717) is 29.5 Å². The number of nitrogens with zero attached hydrogens (tertiary/aromatic N) is 1. The van der Waals surface area contributed by atoms with Crippen molar-refractivity contribution < 1.29 is 9.59 Å². The molecule has 4 nitrogen and oxygen atoms in total. The molecule has 1 aliphatic carbocycles. The van der Waals surface area contributed by atoms with Crippen molar-refractivity contribution in [1.29, 1.82) is 0 Å². The second kappa shape index (κ2) is 13.0. The number of halogens is 1. The molecule has 0 aromatic heterocycles. The van der Waals surface area contributed by atoms with Crippen LogP contribution in [-0.2, 0) is 21.9 Å². The molecular formula is C27H35ClN2O2S. The number of hydrogen-bond donors (Lipinski definition) is 1. The van der Waals surface area contributed by atoms with Crippen LogP contribution in [0, 0.1) is 6.92 Å². The summed E-state index contributed by atoms with van der Waals surface area (Å²) in [4.78, 5) is 28.5. The summed E-state index contributed by atoms with van der Waals surface area (Å²) in [6.45, 7) is 4.47. The number of thioether (sulfide) groups is 1. The first kappa shape index (κ1) is 25.6. The van der Waals surface area contributed by atoms with Crippen LogP contribution in [-0.4, -0.2) is 34.6 Å². The first-order valence-electron chi connectivity index (χ1n) is 11.9. The van der Waals surface area contributed by atoms with Gasteiger partial charge in [-0.1, -0.05) is 80.3 Å². The topological polar surface area (TPSA) is 49.4 Å². The minimum atomic E-state index is -0.472. The molecule has 1 unspecified atom stereocenters. The van der Waals surface area contributed by atoms with E-state index in [2.05, 4.69) is 5.32 Å². The van der Waals surface area contributed by atoms with E-state index in [-0.39, 0.29) is 17.9 Å². The molecule has 1 N–H and O–H groups in total. The Hall–Kier alpha value is -1.98. The van der Waals surface area contributed by atoms with E-state index in [0.717, 1.165) is 42.4 Å². The SMILES string of the molecule is CCC(C(=O)NC1CCCCC1)N(Cc1ccccc1C)C(=O)CSCc1ccccc1Cl. The molecule has 1 atom stereocenters. The van der Waals surface area contributed by atoms with Crippen LogP contribution in [0.1, 0.15) is 62.1 Å². The van der Waals surface area contributed by atoms with Crippen molar-refractivity contribution in [3.05, 3.63) is 70.2 Å². The van der Waals surface area contributed by atoms with Crippen LogP contribution >= 0.6 is 23.4 Å². The number of nitrogens with one attached hydrogen (secondary N) is 1. The minimum absolute atomic E-state index is 0.0130. The third-order valence-electron chi connectivity index (χ3n) is 6.38. The van der Waals surface area contributed by atoms with Crippen molar-refractivity contribution >= 4 is 35.2 Å². The van der Waals surface area contributed by atoms with E-state index in [1.807, 2.05) is 62.4 Å². The van der Waals surface area contributed by atoms with Crippen molar-refractivity contribution in [1.82, 2.24) is 10.2 Å². The number of carbonyl (C=O) groups excluding carboxylic acids is 2. The van der Waals surface area contributed by atoms with Gasteiger partial charge in [0.2, 0.25) is 11.8 Å². The van der Waals surface area contributed by atoms with Gasteiger partial charge in [0.1, 0.15) is 6.04 Å². The molecule has 3 rings (SSSR count). The molecule has 0 aliphatic heterocycles. The van der Waals surface area contributed by atoms with E-state index in [9.17, 15) is 9.59 Å². The van der Waals surface area contributed by atoms with Gasteiger partial charge in [-0.05, 0) is 48.9 Å². The molecule has 0 heterocycles. The van der Waals surface area contributed by atoms with Gasteiger partial charge in [0.05, 0.1) is 5.75 Å². The molecule has 33 heavy (non-hydrogen) atoms. The summed E-state index contributed by atoms with van der Waals surface area (Å²) in [5, 5.41) is 3.95. The van der Waals surface area contributed by atoms with Crippen molar-refractivity contribution in [3.63, 3.8) is 0 Å². The van der Waals surface area contributed by atoms with Crippen LogP contribution < -0.4 is 5.32 Å². The Labute approximate surface area is 207 Å². The highest BCUT2D eigenvalue weighted by Crippen LogP contribution is 2.23. The maximum Gasteiger partial charge on any atom is 0.243 e. The lowest BCUT2D eigenvalue weighted by Crippen LogP contribution is -2.52. The molecule has 0 saturated heterocycles. The Balaban J connectivity index is 1.72. The van der Waals surface area contributed by atoms with Crippen LogP contribution in [0.3, 0.4) is 0 Å². The van der Waals surface area contributed by atoms with Crippen LogP contribution in [0.5, 0.6) is 0 Å². The summed E-state index contributed by atoms with van der Waals surface area (Å²) in [6, 6.07) is 15.5. The molecular weight excluding hydrogens is 452 g/mol. The van der Waals surface area contributed by atoms with Gasteiger partial charge in [-0.15, -0.1) is 11.8 Å². The monoisotopic (exact) mass is 486 g/mol. The fourth-order valence-electron chi connectivity index (χ4n) is 4.38. The number of hydrogen-bond acceptors (Lipinski definition) is 3. The highest BCUT2D eigenvalue weighted by atomic mass is 35.5. The number of aryl methyl sites for hydroxylation is 1. The van der Waals surface area contributed by atoms with E-state index in [1.54, 1.807) is 4.90 Å². The van der Waals surface area contributed by atoms with Crippen molar-refractivity contribution in [2.45, 2.75) is 76.8 Å². The third kappa shape index (κ3) is 7.51. The lowest BCUT2D eigenvalue weighted by molar-refractivity contribution is -0.139. The highest BCUT2D eigenvalue weighted by Gasteiger charge is 2.30. The molecule has 6 heteroatoms. The van der Waals surface area contributed by atoms with E-state index < -0.39 is 6.04 Å². The summed E-state index contributed by atoms with van der Waals surface area (Å²) >= 11 is 7.81. The van der Waals surface area contributed by atoms with Gasteiger partial charge in [-0.25, -0.2) is 0 Å². The predicted octanol–water partition coefficient (Wildman–Crippen LogP) is 6.14. The zero-order valence-corrected chi connectivity index (χ0v) is 21.3. The standard InChI is InChI=1S/C27H35ClN2O2S/c1-3-25(27(32)29-23-14-5-4-6-15-23)30(17-21-12-8-7-11-20(21)2)26(31)19-33-18-22-13-9-10-16-24(22)28/h7-13,16,23,25H,3-6,14-15,17-19H2,1-2H3,(H,29,32). The fourth-order valence-corrected chi connectivity index (χ4v) is 5.58. The van der Waals surface area contributed by atoms with Crippen LogP contribution in [0.15, 0.2) is 48.5 Å². The van der Waals surface area contributed by atoms with Gasteiger partial charge in [0.15, 0.2) is 0 Å². The number of amides is 2. The molecule has 178 valence electrons. The Kier molecular flexibility index (Phi) is 10.1. The van der Waals surface area contributed by atoms with E-state index >= 15 is 0 Å². The average molecular weight is 487 g/mol. The zero-order chi connectivity index (χ0) is 23.6. The summed E-state index contributed by atoms with van der Waals surface area (Å²) < 4.78 is 0. The fraction of sp³-hybridized carbons (Fsp3) is 0.481. The smallest absolute Gasteiger partial charge is 0.243 e. The van der Waals surface area contributed by atoms with Crippen molar-refractivity contribution in [3.8, 4) is 0 Å². The highest BCUT2D eigenvalue weighted by molar-refractivity contribution is 7.99. The van der Waals surface area contributed by atoms with Gasteiger partial charge in [-0.2, -0.15) is 0 Å². The first-order chi connectivity index (χ1) is 16.0. The normalized spacial score (nSPS) is 15.1. The van der Waals surface area contributed by atoms with Crippen molar-refractivity contribution in [2.75, 3.05) is 5.75 Å². The lowest BCUT2D eigenvalue weighted by Gasteiger charge is -2.33. The van der Waals surface area contributed by atoms with Gasteiger partial charge in [0.25, 0.3) is 0 Å². The quantitative estimate of drug-likeness (QED) is 0.439. The second-order valence-corrected chi connectivity index (χ2v) is 10.2. The molecule has 2 amide bonds. The summed E-state index contributed by atoms with van der Waals surface area (Å²) in [7, 11) is 0.